The van der Waals surface area contributed by atoms with Crippen molar-refractivity contribution >= 4 is 21.9 Å². The Balaban J connectivity index is 1.53. The molecule has 100 valence electrons. The van der Waals surface area contributed by atoms with E-state index in [0.29, 0.717) is 18.4 Å². The number of alkyl halides is 1. The molecule has 2 nitrogen and oxygen atoms in total. The second kappa shape index (κ2) is 5.49. The fraction of sp³-hybridized carbons (Fsp3) is 0.438. The molecule has 0 amide bonds. The van der Waals surface area contributed by atoms with Gasteiger partial charge >= 0.3 is 5.97 Å². The van der Waals surface area contributed by atoms with Gasteiger partial charge in [-0.15, -0.1) is 0 Å². The van der Waals surface area contributed by atoms with E-state index < -0.39 is 0 Å². The normalized spacial score (nSPS) is 29.4. The zero-order valence-electron chi connectivity index (χ0n) is 10.7. The number of allylic oxidation sites excluding steroid dienone is 2. The first-order valence-corrected chi connectivity index (χ1v) is 7.69. The lowest BCUT2D eigenvalue weighted by atomic mass is 9.95. The van der Waals surface area contributed by atoms with E-state index in [2.05, 4.69) is 28.1 Å². The van der Waals surface area contributed by atoms with E-state index in [-0.39, 0.29) is 10.8 Å². The molecular formula is C16H17BrO2. The monoisotopic (exact) mass is 320 g/mol. The molecule has 0 heterocycles. The SMILES string of the molecule is O=C(OC[C@H]1C[C@@H]2C=C[C@H]1C2)C(Br)c1ccccc1. The van der Waals surface area contributed by atoms with Crippen LogP contribution in [0.3, 0.4) is 0 Å². The first-order valence-electron chi connectivity index (χ1n) is 6.78. The van der Waals surface area contributed by atoms with E-state index in [4.69, 9.17) is 4.74 Å². The Bertz CT molecular complexity index is 483. The lowest BCUT2D eigenvalue weighted by Crippen LogP contribution is -2.19. The molecule has 3 rings (SSSR count). The molecule has 2 aliphatic rings. The van der Waals surface area contributed by atoms with Crippen LogP contribution < -0.4 is 0 Å². The summed E-state index contributed by atoms with van der Waals surface area (Å²) in [6, 6.07) is 9.66. The third-order valence-corrected chi connectivity index (χ3v) is 5.06. The van der Waals surface area contributed by atoms with Crippen LogP contribution in [0.15, 0.2) is 42.5 Å². The highest BCUT2D eigenvalue weighted by Crippen LogP contribution is 2.43. The zero-order chi connectivity index (χ0) is 13.2. The first kappa shape index (κ1) is 12.9. The molecule has 3 heteroatoms. The summed E-state index contributed by atoms with van der Waals surface area (Å²) in [5.74, 6) is 1.69. The van der Waals surface area contributed by atoms with Crippen molar-refractivity contribution in [3.05, 3.63) is 48.0 Å². The average Bonchev–Trinajstić information content (AvgIpc) is 3.07. The van der Waals surface area contributed by atoms with Crippen molar-refractivity contribution < 1.29 is 9.53 Å². The number of carbonyl (C=O) groups is 1. The number of hydrogen-bond donors (Lipinski definition) is 0. The molecule has 0 N–H and O–H groups in total. The van der Waals surface area contributed by atoms with Crippen LogP contribution in [0.25, 0.3) is 0 Å². The molecule has 1 unspecified atom stereocenters. The zero-order valence-corrected chi connectivity index (χ0v) is 12.3. The summed E-state index contributed by atoms with van der Waals surface area (Å²) in [7, 11) is 0. The predicted octanol–water partition coefficient (Wildman–Crippen LogP) is 3.88. The Labute approximate surface area is 122 Å². The molecule has 1 aromatic carbocycles. The number of fused-ring (bicyclic) bond motifs is 2. The van der Waals surface area contributed by atoms with E-state index in [0.717, 1.165) is 11.5 Å². The lowest BCUT2D eigenvalue weighted by Gasteiger charge is -2.19. The molecule has 0 radical (unpaired) electrons. The Kier molecular flexibility index (Phi) is 3.74. The quantitative estimate of drug-likeness (QED) is 0.478. The molecule has 0 aliphatic heterocycles. The highest BCUT2D eigenvalue weighted by molar-refractivity contribution is 9.09. The van der Waals surface area contributed by atoms with Gasteiger partial charge in [0.15, 0.2) is 0 Å². The van der Waals surface area contributed by atoms with Crippen LogP contribution in [-0.2, 0) is 9.53 Å². The van der Waals surface area contributed by atoms with Gasteiger partial charge < -0.3 is 4.74 Å². The highest BCUT2D eigenvalue weighted by Gasteiger charge is 2.36. The second-order valence-electron chi connectivity index (χ2n) is 5.44. The molecule has 0 saturated heterocycles. The average molecular weight is 321 g/mol. The van der Waals surface area contributed by atoms with Crippen LogP contribution in [0.4, 0.5) is 0 Å². The molecule has 0 spiro atoms. The van der Waals surface area contributed by atoms with E-state index in [9.17, 15) is 4.79 Å². The smallest absolute Gasteiger partial charge is 0.324 e. The number of esters is 1. The van der Waals surface area contributed by atoms with Gasteiger partial charge in [0.05, 0.1) is 6.61 Å². The van der Waals surface area contributed by atoms with Crippen LogP contribution >= 0.6 is 15.9 Å². The maximum Gasteiger partial charge on any atom is 0.324 e. The summed E-state index contributed by atoms with van der Waals surface area (Å²) in [4.78, 5) is 11.7. The van der Waals surface area contributed by atoms with Crippen molar-refractivity contribution in [2.45, 2.75) is 17.7 Å². The van der Waals surface area contributed by atoms with Gasteiger partial charge in [-0.2, -0.15) is 0 Å². The maximum atomic E-state index is 12.0. The molecule has 1 fully saturated rings. The number of rotatable bonds is 4. The Morgan fingerprint density at radius 2 is 2.05 bits per heavy atom. The Morgan fingerprint density at radius 3 is 2.68 bits per heavy atom. The fourth-order valence-corrected chi connectivity index (χ4v) is 3.54. The van der Waals surface area contributed by atoms with E-state index in [1.54, 1.807) is 0 Å². The number of carbonyl (C=O) groups excluding carboxylic acids is 1. The number of ether oxygens (including phenoxy) is 1. The van der Waals surface area contributed by atoms with Gasteiger partial charge in [-0.05, 0) is 36.2 Å². The van der Waals surface area contributed by atoms with Gasteiger partial charge in [0.25, 0.3) is 0 Å². The summed E-state index contributed by atoms with van der Waals surface area (Å²) in [5.41, 5.74) is 0.945. The minimum Gasteiger partial charge on any atom is -0.464 e. The van der Waals surface area contributed by atoms with Gasteiger partial charge in [0.1, 0.15) is 4.83 Å². The van der Waals surface area contributed by atoms with E-state index in [1.807, 2.05) is 30.3 Å². The van der Waals surface area contributed by atoms with Crippen LogP contribution in [0.2, 0.25) is 0 Å². The molecule has 2 aliphatic carbocycles. The molecule has 0 aromatic heterocycles. The van der Waals surface area contributed by atoms with Crippen molar-refractivity contribution in [3.63, 3.8) is 0 Å². The lowest BCUT2D eigenvalue weighted by molar-refractivity contribution is -0.144. The summed E-state index contributed by atoms with van der Waals surface area (Å²) in [5, 5.41) is 0. The minimum atomic E-state index is -0.358. The molecule has 19 heavy (non-hydrogen) atoms. The van der Waals surface area contributed by atoms with Crippen LogP contribution in [-0.4, -0.2) is 12.6 Å². The molecule has 4 atom stereocenters. The molecular weight excluding hydrogens is 304 g/mol. The van der Waals surface area contributed by atoms with Gasteiger partial charge in [0.2, 0.25) is 0 Å². The van der Waals surface area contributed by atoms with Gasteiger partial charge in [-0.3, -0.25) is 4.79 Å². The summed E-state index contributed by atoms with van der Waals surface area (Å²) < 4.78 is 5.48. The Morgan fingerprint density at radius 1 is 1.26 bits per heavy atom. The van der Waals surface area contributed by atoms with Crippen molar-refractivity contribution in [3.8, 4) is 0 Å². The van der Waals surface area contributed by atoms with E-state index in [1.165, 1.54) is 12.8 Å². The topological polar surface area (TPSA) is 26.3 Å². The third-order valence-electron chi connectivity index (χ3n) is 4.16. The third kappa shape index (κ3) is 2.76. The summed E-state index contributed by atoms with van der Waals surface area (Å²) >= 11 is 3.41. The first-order chi connectivity index (χ1) is 9.24. The van der Waals surface area contributed by atoms with Crippen molar-refractivity contribution in [1.82, 2.24) is 0 Å². The predicted molar refractivity (Wildman–Crippen MR) is 77.9 cm³/mol. The van der Waals surface area contributed by atoms with Crippen molar-refractivity contribution in [2.24, 2.45) is 17.8 Å². The molecule has 1 aromatic rings. The standard InChI is InChI=1S/C16H17BrO2/c17-15(12-4-2-1-3-5-12)16(18)19-10-14-9-11-6-7-13(14)8-11/h1-7,11,13-15H,8-10H2/t11-,13+,14-,15?/m1/s1. The minimum absolute atomic E-state index is 0.182. The maximum absolute atomic E-state index is 12.0. The molecule has 2 bridgehead atoms. The van der Waals surface area contributed by atoms with Crippen LogP contribution in [0, 0.1) is 17.8 Å². The number of halogens is 1. The van der Waals surface area contributed by atoms with Crippen LogP contribution in [0.1, 0.15) is 23.2 Å². The van der Waals surface area contributed by atoms with E-state index >= 15 is 0 Å². The van der Waals surface area contributed by atoms with Crippen molar-refractivity contribution in [2.75, 3.05) is 6.61 Å². The van der Waals surface area contributed by atoms with Crippen LogP contribution in [0.5, 0.6) is 0 Å². The summed E-state index contributed by atoms with van der Waals surface area (Å²) in [6.07, 6.45) is 7.01. The number of benzene rings is 1. The number of hydrogen-bond acceptors (Lipinski definition) is 2. The van der Waals surface area contributed by atoms with Gasteiger partial charge in [0, 0.05) is 0 Å². The second-order valence-corrected chi connectivity index (χ2v) is 6.36. The van der Waals surface area contributed by atoms with Gasteiger partial charge in [-0.25, -0.2) is 0 Å². The fourth-order valence-electron chi connectivity index (χ4n) is 3.11. The van der Waals surface area contributed by atoms with Crippen molar-refractivity contribution in [1.29, 1.82) is 0 Å². The summed E-state index contributed by atoms with van der Waals surface area (Å²) in [6.45, 7) is 0.555. The Hall–Kier alpha value is -1.09. The highest BCUT2D eigenvalue weighted by atomic mass is 79.9. The van der Waals surface area contributed by atoms with Gasteiger partial charge in [-0.1, -0.05) is 58.4 Å². The molecule has 1 saturated carbocycles. The largest absolute Gasteiger partial charge is 0.464 e.